The Bertz CT molecular complexity index is 536. The van der Waals surface area contributed by atoms with Crippen LogP contribution in [0.4, 0.5) is 0 Å². The number of hydrogen-bond acceptors (Lipinski definition) is 4. The standard InChI is InChI=1S/2C9H11N.C5H14N2/c1-2-6-9-8(4-1)5-3-7-10-9;1-2-4-9-7-10-6-5-8(9)3-1;1-7-5-3-2-4-6/h3,5,7H,1-2,4,6H2;1-4,10H,5-7H2;7H,2-6H2,1H3. The van der Waals surface area contributed by atoms with Gasteiger partial charge in [0, 0.05) is 18.4 Å². The van der Waals surface area contributed by atoms with Gasteiger partial charge in [-0.05, 0) is 94.4 Å². The molecule has 0 saturated heterocycles. The van der Waals surface area contributed by atoms with Crippen molar-refractivity contribution in [2.75, 3.05) is 26.7 Å². The van der Waals surface area contributed by atoms with Crippen LogP contribution in [0.3, 0.4) is 0 Å². The van der Waals surface area contributed by atoms with Crippen molar-refractivity contribution in [1.29, 1.82) is 0 Å². The summed E-state index contributed by atoms with van der Waals surface area (Å²) < 4.78 is 0. The molecule has 2 aromatic rings. The Labute approximate surface area is 165 Å². The molecule has 1 aromatic carbocycles. The minimum Gasteiger partial charge on any atom is -0.330 e. The Morgan fingerprint density at radius 1 is 0.963 bits per heavy atom. The van der Waals surface area contributed by atoms with E-state index in [1.807, 2.05) is 19.3 Å². The third kappa shape index (κ3) is 8.21. The summed E-state index contributed by atoms with van der Waals surface area (Å²) in [5.41, 5.74) is 11.0. The molecule has 0 radical (unpaired) electrons. The van der Waals surface area contributed by atoms with E-state index in [4.69, 9.17) is 5.73 Å². The predicted octanol–water partition coefficient (Wildman–Crippen LogP) is 3.24. The number of pyridine rings is 1. The van der Waals surface area contributed by atoms with Crippen LogP contribution < -0.4 is 16.4 Å². The molecule has 0 spiro atoms. The third-order valence-electron chi connectivity index (χ3n) is 4.98. The van der Waals surface area contributed by atoms with Crippen LogP contribution in [0.25, 0.3) is 0 Å². The van der Waals surface area contributed by atoms with Crippen molar-refractivity contribution in [3.8, 4) is 0 Å². The van der Waals surface area contributed by atoms with Gasteiger partial charge in [-0.1, -0.05) is 30.3 Å². The van der Waals surface area contributed by atoms with E-state index in [0.29, 0.717) is 0 Å². The number of nitrogens with one attached hydrogen (secondary N) is 2. The van der Waals surface area contributed by atoms with Gasteiger partial charge in [0.15, 0.2) is 0 Å². The molecule has 27 heavy (non-hydrogen) atoms. The Morgan fingerprint density at radius 2 is 1.74 bits per heavy atom. The highest BCUT2D eigenvalue weighted by molar-refractivity contribution is 5.28. The molecule has 0 atom stereocenters. The second-order valence-corrected chi connectivity index (χ2v) is 7.11. The van der Waals surface area contributed by atoms with E-state index in [0.717, 1.165) is 32.6 Å². The largest absolute Gasteiger partial charge is 0.330 e. The lowest BCUT2D eigenvalue weighted by atomic mass is 9.96. The van der Waals surface area contributed by atoms with Crippen molar-refractivity contribution in [2.45, 2.75) is 51.5 Å². The number of nitrogens with zero attached hydrogens (tertiary/aromatic N) is 1. The van der Waals surface area contributed by atoms with Crippen LogP contribution >= 0.6 is 0 Å². The van der Waals surface area contributed by atoms with Gasteiger partial charge in [0.2, 0.25) is 0 Å². The minimum atomic E-state index is 0.821. The van der Waals surface area contributed by atoms with Crippen molar-refractivity contribution in [3.05, 3.63) is 65.0 Å². The first-order valence-electron chi connectivity index (χ1n) is 10.4. The number of benzene rings is 1. The molecule has 2 aliphatic rings. The zero-order valence-electron chi connectivity index (χ0n) is 16.8. The lowest BCUT2D eigenvalue weighted by Gasteiger charge is -2.15. The van der Waals surface area contributed by atoms with Crippen molar-refractivity contribution < 1.29 is 0 Å². The maximum absolute atomic E-state index is 5.24. The van der Waals surface area contributed by atoms with Crippen LogP contribution in [-0.2, 0) is 25.8 Å². The average molecular weight is 369 g/mol. The first kappa shape index (κ1) is 21.5. The quantitative estimate of drug-likeness (QED) is 0.725. The first-order valence-corrected chi connectivity index (χ1v) is 10.4. The number of aryl methyl sites for hydroxylation is 2. The van der Waals surface area contributed by atoms with E-state index >= 15 is 0 Å². The van der Waals surface area contributed by atoms with E-state index < -0.39 is 0 Å². The molecule has 1 aliphatic heterocycles. The summed E-state index contributed by atoms with van der Waals surface area (Å²) in [5.74, 6) is 0. The van der Waals surface area contributed by atoms with Crippen LogP contribution in [0.1, 0.15) is 48.1 Å². The lowest BCUT2D eigenvalue weighted by molar-refractivity contribution is 0.644. The van der Waals surface area contributed by atoms with Gasteiger partial charge in [-0.3, -0.25) is 4.98 Å². The summed E-state index contributed by atoms with van der Waals surface area (Å²) in [5, 5.41) is 6.39. The van der Waals surface area contributed by atoms with Gasteiger partial charge in [-0.2, -0.15) is 0 Å². The maximum atomic E-state index is 5.24. The van der Waals surface area contributed by atoms with Crippen LogP contribution in [-0.4, -0.2) is 31.7 Å². The molecular formula is C23H36N4. The topological polar surface area (TPSA) is 63.0 Å². The van der Waals surface area contributed by atoms with Gasteiger partial charge in [-0.25, -0.2) is 0 Å². The molecule has 0 fully saturated rings. The van der Waals surface area contributed by atoms with Crippen LogP contribution in [0.2, 0.25) is 0 Å². The SMILES string of the molecule is CNCCCCN.c1ccc2c(c1)CCNC2.c1cnc2c(c1)CCCC2. The Balaban J connectivity index is 0.000000149. The second kappa shape index (κ2) is 13.4. The van der Waals surface area contributed by atoms with Crippen LogP contribution in [0.15, 0.2) is 42.6 Å². The zero-order chi connectivity index (χ0) is 19.2. The summed E-state index contributed by atoms with van der Waals surface area (Å²) in [6, 6.07) is 12.9. The molecule has 148 valence electrons. The molecule has 0 unspecified atom stereocenters. The predicted molar refractivity (Wildman–Crippen MR) is 115 cm³/mol. The number of aromatic nitrogens is 1. The van der Waals surface area contributed by atoms with Crippen molar-refractivity contribution in [3.63, 3.8) is 0 Å². The van der Waals surface area contributed by atoms with Crippen molar-refractivity contribution in [2.24, 2.45) is 5.73 Å². The summed E-state index contributed by atoms with van der Waals surface area (Å²) in [4.78, 5) is 4.32. The summed E-state index contributed by atoms with van der Waals surface area (Å²) in [6.45, 7) is 4.10. The lowest BCUT2D eigenvalue weighted by Crippen LogP contribution is -2.23. The molecule has 2 heterocycles. The molecule has 0 bridgehead atoms. The smallest absolute Gasteiger partial charge is 0.0435 e. The number of hydrogen-bond donors (Lipinski definition) is 3. The van der Waals surface area contributed by atoms with E-state index in [1.54, 1.807) is 0 Å². The zero-order valence-corrected chi connectivity index (χ0v) is 16.8. The van der Waals surface area contributed by atoms with Gasteiger partial charge in [0.1, 0.15) is 0 Å². The molecule has 1 aliphatic carbocycles. The van der Waals surface area contributed by atoms with Gasteiger partial charge in [0.05, 0.1) is 0 Å². The van der Waals surface area contributed by atoms with Crippen LogP contribution in [0, 0.1) is 0 Å². The second-order valence-electron chi connectivity index (χ2n) is 7.11. The number of fused-ring (bicyclic) bond motifs is 2. The normalized spacial score (nSPS) is 14.6. The molecular weight excluding hydrogens is 332 g/mol. The Hall–Kier alpha value is -1.75. The van der Waals surface area contributed by atoms with Crippen LogP contribution in [0.5, 0.6) is 0 Å². The number of nitrogens with two attached hydrogens (primary N) is 1. The molecule has 0 saturated carbocycles. The molecule has 4 N–H and O–H groups in total. The van der Waals surface area contributed by atoms with Gasteiger partial charge in [0.25, 0.3) is 0 Å². The average Bonchev–Trinajstić information content (AvgIpc) is 2.75. The van der Waals surface area contributed by atoms with Gasteiger partial charge < -0.3 is 16.4 Å². The molecule has 4 rings (SSSR count). The first-order chi connectivity index (χ1) is 13.3. The maximum Gasteiger partial charge on any atom is 0.0435 e. The summed E-state index contributed by atoms with van der Waals surface area (Å²) in [6.07, 6.45) is 10.5. The van der Waals surface area contributed by atoms with Crippen molar-refractivity contribution in [1.82, 2.24) is 15.6 Å². The van der Waals surface area contributed by atoms with E-state index in [1.165, 1.54) is 60.9 Å². The fourth-order valence-electron chi connectivity index (χ4n) is 3.40. The fraction of sp³-hybridized carbons (Fsp3) is 0.522. The molecule has 4 nitrogen and oxygen atoms in total. The highest BCUT2D eigenvalue weighted by Gasteiger charge is 2.07. The minimum absolute atomic E-state index is 0.821. The highest BCUT2D eigenvalue weighted by Crippen LogP contribution is 2.17. The monoisotopic (exact) mass is 368 g/mol. The highest BCUT2D eigenvalue weighted by atomic mass is 14.9. The van der Waals surface area contributed by atoms with E-state index in [9.17, 15) is 0 Å². The Morgan fingerprint density at radius 3 is 2.48 bits per heavy atom. The summed E-state index contributed by atoms with van der Waals surface area (Å²) in [7, 11) is 1.95. The Kier molecular flexibility index (Phi) is 10.7. The molecule has 4 heteroatoms. The summed E-state index contributed by atoms with van der Waals surface area (Å²) >= 11 is 0. The van der Waals surface area contributed by atoms with Crippen molar-refractivity contribution >= 4 is 0 Å². The molecule has 1 aromatic heterocycles. The third-order valence-corrected chi connectivity index (χ3v) is 4.98. The number of rotatable bonds is 4. The van der Waals surface area contributed by atoms with E-state index in [2.05, 4.69) is 45.9 Å². The van der Waals surface area contributed by atoms with Gasteiger partial charge >= 0.3 is 0 Å². The fourth-order valence-corrected chi connectivity index (χ4v) is 3.40. The van der Waals surface area contributed by atoms with Gasteiger partial charge in [-0.15, -0.1) is 0 Å². The number of unbranched alkanes of at least 4 members (excludes halogenated alkanes) is 1. The van der Waals surface area contributed by atoms with E-state index in [-0.39, 0.29) is 0 Å². The molecule has 0 amide bonds.